The van der Waals surface area contributed by atoms with Crippen LogP contribution in [0.2, 0.25) is 0 Å². The molecule has 0 spiro atoms. The van der Waals surface area contributed by atoms with E-state index in [1.165, 1.54) is 19.4 Å². The second-order valence-electron chi connectivity index (χ2n) is 8.97. The Morgan fingerprint density at radius 1 is 1.03 bits per heavy atom. The molecule has 33 heavy (non-hydrogen) atoms. The van der Waals surface area contributed by atoms with E-state index < -0.39 is 5.97 Å². The Kier molecular flexibility index (Phi) is 7.76. The summed E-state index contributed by atoms with van der Waals surface area (Å²) in [4.78, 5) is 27.0. The van der Waals surface area contributed by atoms with Crippen molar-refractivity contribution in [3.63, 3.8) is 0 Å². The summed E-state index contributed by atoms with van der Waals surface area (Å²) in [6.45, 7) is 10.8. The van der Waals surface area contributed by atoms with Gasteiger partial charge in [0.1, 0.15) is 23.3 Å². The number of methoxy groups -OCH3 is 1. The number of esters is 1. The summed E-state index contributed by atoms with van der Waals surface area (Å²) in [7, 11) is 1.31. The zero-order chi connectivity index (χ0) is 24.1. The molecule has 0 aliphatic rings. The molecule has 176 valence electrons. The molecule has 0 radical (unpaired) electrons. The molecule has 0 saturated carbocycles. The van der Waals surface area contributed by atoms with E-state index in [0.717, 1.165) is 13.1 Å². The quantitative estimate of drug-likeness (QED) is 0.446. The van der Waals surface area contributed by atoms with Gasteiger partial charge in [0.25, 0.3) is 0 Å². The van der Waals surface area contributed by atoms with Gasteiger partial charge in [0.05, 0.1) is 23.6 Å². The monoisotopic (exact) mass is 453 g/mol. The van der Waals surface area contributed by atoms with E-state index >= 15 is 0 Å². The molecular weight excluding hydrogens is 422 g/mol. The molecule has 1 N–H and O–H groups in total. The molecule has 0 saturated heterocycles. The van der Waals surface area contributed by atoms with Crippen molar-refractivity contribution in [2.45, 2.75) is 34.2 Å². The first-order chi connectivity index (χ1) is 15.7. The standard InChI is InChI=1S/C26H31NO6/c1-16(2)12-27(13-17(3)4)14-21-22(28)11-10-20-24(29)23(15-32-25(20)21)33-19-8-6-18(7-9-19)26(30)31-5/h6-11,15-17,28H,12-14H2,1-5H3. The number of carbonyl (C=O) groups excluding carboxylic acids is 1. The smallest absolute Gasteiger partial charge is 0.337 e. The molecule has 3 rings (SSSR count). The third kappa shape index (κ3) is 5.93. The molecule has 1 aromatic heterocycles. The van der Waals surface area contributed by atoms with Crippen molar-refractivity contribution in [1.29, 1.82) is 0 Å². The Labute approximate surface area is 193 Å². The summed E-state index contributed by atoms with van der Waals surface area (Å²) < 4.78 is 16.2. The first-order valence-corrected chi connectivity index (χ1v) is 11.0. The number of hydrogen-bond donors (Lipinski definition) is 1. The van der Waals surface area contributed by atoms with Gasteiger partial charge in [-0.15, -0.1) is 0 Å². The van der Waals surface area contributed by atoms with Gasteiger partial charge in [0, 0.05) is 19.6 Å². The molecule has 0 amide bonds. The van der Waals surface area contributed by atoms with Crippen LogP contribution in [0.1, 0.15) is 43.6 Å². The first kappa shape index (κ1) is 24.3. The van der Waals surface area contributed by atoms with Crippen LogP contribution in [-0.2, 0) is 11.3 Å². The molecule has 7 heteroatoms. The lowest BCUT2D eigenvalue weighted by molar-refractivity contribution is 0.0600. The summed E-state index contributed by atoms with van der Waals surface area (Å²) in [5.41, 5.74) is 0.974. The Morgan fingerprint density at radius 2 is 1.67 bits per heavy atom. The number of phenols is 1. The summed E-state index contributed by atoms with van der Waals surface area (Å²) in [5.74, 6) is 0.953. The van der Waals surface area contributed by atoms with Crippen molar-refractivity contribution in [1.82, 2.24) is 4.90 Å². The number of nitrogens with zero attached hydrogens (tertiary/aromatic N) is 1. The maximum absolute atomic E-state index is 13.1. The Bertz CT molecular complexity index is 1150. The second-order valence-corrected chi connectivity index (χ2v) is 8.97. The van der Waals surface area contributed by atoms with E-state index in [-0.39, 0.29) is 16.9 Å². The highest BCUT2D eigenvalue weighted by Crippen LogP contribution is 2.30. The van der Waals surface area contributed by atoms with Gasteiger partial charge < -0.3 is 19.0 Å². The topological polar surface area (TPSA) is 89.2 Å². The summed E-state index contributed by atoms with van der Waals surface area (Å²) in [6.07, 6.45) is 1.26. The zero-order valence-corrected chi connectivity index (χ0v) is 19.8. The minimum atomic E-state index is -0.455. The molecular formula is C26H31NO6. The molecule has 0 atom stereocenters. The number of carbonyl (C=O) groups is 1. The van der Waals surface area contributed by atoms with Gasteiger partial charge in [-0.25, -0.2) is 4.79 Å². The third-order valence-corrected chi connectivity index (χ3v) is 5.12. The number of phenolic OH excluding ortho intramolecular Hbond substituents is 1. The van der Waals surface area contributed by atoms with Crippen molar-refractivity contribution in [3.8, 4) is 17.2 Å². The molecule has 0 unspecified atom stereocenters. The van der Waals surface area contributed by atoms with Crippen molar-refractivity contribution in [2.24, 2.45) is 11.8 Å². The van der Waals surface area contributed by atoms with Crippen LogP contribution in [0.15, 0.2) is 51.9 Å². The van der Waals surface area contributed by atoms with E-state index in [1.807, 2.05) is 0 Å². The number of fused-ring (bicyclic) bond motifs is 1. The summed E-state index contributed by atoms with van der Waals surface area (Å²) >= 11 is 0. The predicted molar refractivity (Wildman–Crippen MR) is 127 cm³/mol. The average Bonchev–Trinajstić information content (AvgIpc) is 2.76. The van der Waals surface area contributed by atoms with Crippen LogP contribution < -0.4 is 10.2 Å². The maximum Gasteiger partial charge on any atom is 0.337 e. The van der Waals surface area contributed by atoms with Crippen molar-refractivity contribution in [3.05, 3.63) is 64.0 Å². The van der Waals surface area contributed by atoms with Crippen LogP contribution in [0, 0.1) is 11.8 Å². The normalized spacial score (nSPS) is 11.5. The number of ether oxygens (including phenoxy) is 2. The average molecular weight is 454 g/mol. The lowest BCUT2D eigenvalue weighted by Crippen LogP contribution is -2.31. The lowest BCUT2D eigenvalue weighted by atomic mass is 10.1. The van der Waals surface area contributed by atoms with Gasteiger partial charge in [0.2, 0.25) is 11.2 Å². The van der Waals surface area contributed by atoms with Gasteiger partial charge in [-0.1, -0.05) is 27.7 Å². The van der Waals surface area contributed by atoms with Gasteiger partial charge >= 0.3 is 5.97 Å². The molecule has 1 heterocycles. The van der Waals surface area contributed by atoms with Crippen LogP contribution in [0.25, 0.3) is 11.0 Å². The van der Waals surface area contributed by atoms with Crippen LogP contribution in [-0.4, -0.2) is 36.2 Å². The lowest BCUT2D eigenvalue weighted by Gasteiger charge is -2.26. The minimum absolute atomic E-state index is 0.0196. The Hall–Kier alpha value is -3.32. The van der Waals surface area contributed by atoms with Crippen molar-refractivity contribution >= 4 is 16.9 Å². The van der Waals surface area contributed by atoms with Gasteiger partial charge in [0.15, 0.2) is 0 Å². The predicted octanol–water partition coefficient (Wildman–Crippen LogP) is 5.19. The van der Waals surface area contributed by atoms with Gasteiger partial charge in [-0.05, 0) is 48.2 Å². The molecule has 0 bridgehead atoms. The third-order valence-electron chi connectivity index (χ3n) is 5.12. The molecule has 3 aromatic rings. The fourth-order valence-corrected chi connectivity index (χ4v) is 3.82. The highest BCUT2D eigenvalue weighted by atomic mass is 16.5. The summed E-state index contributed by atoms with van der Waals surface area (Å²) in [5, 5.41) is 10.9. The largest absolute Gasteiger partial charge is 0.507 e. The van der Waals surface area contributed by atoms with Gasteiger partial charge in [-0.2, -0.15) is 0 Å². The van der Waals surface area contributed by atoms with Crippen LogP contribution in [0.3, 0.4) is 0 Å². The minimum Gasteiger partial charge on any atom is -0.507 e. The Balaban J connectivity index is 1.93. The van der Waals surface area contributed by atoms with E-state index in [2.05, 4.69) is 37.3 Å². The van der Waals surface area contributed by atoms with Gasteiger partial charge in [-0.3, -0.25) is 9.69 Å². The fourth-order valence-electron chi connectivity index (χ4n) is 3.82. The van der Waals surface area contributed by atoms with E-state index in [9.17, 15) is 14.7 Å². The Morgan fingerprint density at radius 3 is 2.24 bits per heavy atom. The highest BCUT2D eigenvalue weighted by molar-refractivity contribution is 5.89. The fraction of sp³-hybridized carbons (Fsp3) is 0.385. The summed E-state index contributed by atoms with van der Waals surface area (Å²) in [6, 6.07) is 9.33. The highest BCUT2D eigenvalue weighted by Gasteiger charge is 2.19. The first-order valence-electron chi connectivity index (χ1n) is 11.0. The second kappa shape index (κ2) is 10.5. The van der Waals surface area contributed by atoms with Crippen LogP contribution in [0.5, 0.6) is 17.2 Å². The number of benzene rings is 2. The molecule has 0 fully saturated rings. The number of hydrogen-bond acceptors (Lipinski definition) is 7. The molecule has 7 nitrogen and oxygen atoms in total. The number of aromatic hydroxyl groups is 1. The van der Waals surface area contributed by atoms with Crippen molar-refractivity contribution < 1.29 is 23.8 Å². The SMILES string of the molecule is COC(=O)c1ccc(Oc2coc3c(CN(CC(C)C)CC(C)C)c(O)ccc3c2=O)cc1. The van der Waals surface area contributed by atoms with Crippen LogP contribution >= 0.6 is 0 Å². The maximum atomic E-state index is 13.1. The van der Waals surface area contributed by atoms with E-state index in [0.29, 0.717) is 46.2 Å². The van der Waals surface area contributed by atoms with E-state index in [4.69, 9.17) is 9.15 Å². The number of rotatable bonds is 9. The molecule has 0 aliphatic heterocycles. The van der Waals surface area contributed by atoms with Crippen molar-refractivity contribution in [2.75, 3.05) is 20.2 Å². The molecule has 0 aliphatic carbocycles. The zero-order valence-electron chi connectivity index (χ0n) is 19.8. The molecule has 2 aromatic carbocycles. The van der Waals surface area contributed by atoms with E-state index in [1.54, 1.807) is 30.3 Å². The van der Waals surface area contributed by atoms with Crippen LogP contribution in [0.4, 0.5) is 0 Å².